The molecule has 0 saturated carbocycles. The van der Waals surface area contributed by atoms with Gasteiger partial charge in [0.1, 0.15) is 0 Å². The van der Waals surface area contributed by atoms with Gasteiger partial charge >= 0.3 is 10.3 Å². The first-order valence-corrected chi connectivity index (χ1v) is 6.65. The Morgan fingerprint density at radius 3 is 2.82 bits per heavy atom. The standard InChI is InChI=1S/C11H10N2O3S/c12-6-5-10-8-3-1-2-4-9(8)11-7-16-17(14,15)13(10)11/h1-4,10-11H,5,7H2/t10-,11-/m0/s1. The van der Waals surface area contributed by atoms with Gasteiger partial charge in [0.05, 0.1) is 31.2 Å². The highest BCUT2D eigenvalue weighted by Gasteiger charge is 2.50. The van der Waals surface area contributed by atoms with E-state index in [1.807, 2.05) is 30.3 Å². The number of hydrogen-bond acceptors (Lipinski definition) is 4. The van der Waals surface area contributed by atoms with Gasteiger partial charge in [0, 0.05) is 0 Å². The van der Waals surface area contributed by atoms with Crippen molar-refractivity contribution in [2.45, 2.75) is 18.5 Å². The predicted molar refractivity (Wildman–Crippen MR) is 58.9 cm³/mol. The number of fused-ring (bicyclic) bond motifs is 3. The first-order valence-electron chi connectivity index (χ1n) is 5.29. The molecule has 1 fully saturated rings. The molecule has 0 amide bonds. The summed E-state index contributed by atoms with van der Waals surface area (Å²) in [5.74, 6) is 0. The van der Waals surface area contributed by atoms with Gasteiger partial charge in [0.25, 0.3) is 0 Å². The van der Waals surface area contributed by atoms with E-state index in [1.54, 1.807) is 0 Å². The molecule has 0 aliphatic carbocycles. The van der Waals surface area contributed by atoms with Crippen molar-refractivity contribution in [2.24, 2.45) is 0 Å². The lowest BCUT2D eigenvalue weighted by Gasteiger charge is -2.18. The molecular weight excluding hydrogens is 240 g/mol. The quantitative estimate of drug-likeness (QED) is 0.752. The molecule has 1 saturated heterocycles. The summed E-state index contributed by atoms with van der Waals surface area (Å²) in [4.78, 5) is 0. The zero-order chi connectivity index (χ0) is 12.0. The van der Waals surface area contributed by atoms with Crippen LogP contribution in [0.1, 0.15) is 29.6 Å². The normalized spacial score (nSPS) is 29.6. The number of rotatable bonds is 1. The molecule has 88 valence electrons. The van der Waals surface area contributed by atoms with Crippen molar-refractivity contribution >= 4 is 10.3 Å². The van der Waals surface area contributed by atoms with Crippen molar-refractivity contribution in [3.05, 3.63) is 35.4 Å². The van der Waals surface area contributed by atoms with Gasteiger partial charge in [-0.2, -0.15) is 18.0 Å². The van der Waals surface area contributed by atoms with E-state index >= 15 is 0 Å². The first-order chi connectivity index (χ1) is 8.15. The maximum absolute atomic E-state index is 11.8. The molecule has 2 aliphatic rings. The van der Waals surface area contributed by atoms with Crippen LogP contribution in [0.25, 0.3) is 0 Å². The summed E-state index contributed by atoms with van der Waals surface area (Å²) in [7, 11) is -3.68. The van der Waals surface area contributed by atoms with E-state index in [9.17, 15) is 8.42 Å². The van der Waals surface area contributed by atoms with Crippen LogP contribution in [0.4, 0.5) is 0 Å². The van der Waals surface area contributed by atoms with E-state index in [2.05, 4.69) is 0 Å². The maximum Gasteiger partial charge on any atom is 0.339 e. The third-order valence-corrected chi connectivity index (χ3v) is 4.71. The van der Waals surface area contributed by atoms with Crippen LogP contribution in [0.15, 0.2) is 24.3 Å². The molecule has 0 N–H and O–H groups in total. The van der Waals surface area contributed by atoms with Crippen LogP contribution < -0.4 is 0 Å². The minimum Gasteiger partial charge on any atom is -0.256 e. The maximum atomic E-state index is 11.8. The molecule has 1 aromatic rings. The molecule has 0 bridgehead atoms. The third-order valence-electron chi connectivity index (χ3n) is 3.25. The van der Waals surface area contributed by atoms with E-state index in [4.69, 9.17) is 9.44 Å². The van der Waals surface area contributed by atoms with Gasteiger partial charge in [-0.05, 0) is 11.1 Å². The SMILES string of the molecule is N#CC[C@H]1c2ccccc2[C@@H]2COS(=O)(=O)N12. The molecule has 0 spiro atoms. The second kappa shape index (κ2) is 3.53. The molecule has 0 radical (unpaired) electrons. The van der Waals surface area contributed by atoms with Gasteiger partial charge < -0.3 is 0 Å². The Bertz CT molecular complexity index is 605. The number of nitriles is 1. The topological polar surface area (TPSA) is 70.4 Å². The van der Waals surface area contributed by atoms with Crippen LogP contribution in [0.3, 0.4) is 0 Å². The summed E-state index contributed by atoms with van der Waals surface area (Å²) in [6.45, 7) is 0.140. The highest BCUT2D eigenvalue weighted by atomic mass is 32.2. The van der Waals surface area contributed by atoms with Crippen molar-refractivity contribution in [3.8, 4) is 6.07 Å². The van der Waals surface area contributed by atoms with Gasteiger partial charge in [-0.15, -0.1) is 0 Å². The Morgan fingerprint density at radius 1 is 1.41 bits per heavy atom. The lowest BCUT2D eigenvalue weighted by Crippen LogP contribution is -2.26. The summed E-state index contributed by atoms with van der Waals surface area (Å²) >= 11 is 0. The lowest BCUT2D eigenvalue weighted by atomic mass is 10.0. The minimum atomic E-state index is -3.68. The summed E-state index contributed by atoms with van der Waals surface area (Å²) in [5, 5.41) is 8.83. The molecule has 17 heavy (non-hydrogen) atoms. The second-order valence-corrected chi connectivity index (χ2v) is 5.61. The average molecular weight is 250 g/mol. The van der Waals surface area contributed by atoms with Gasteiger partial charge in [0.15, 0.2) is 0 Å². The van der Waals surface area contributed by atoms with E-state index in [-0.39, 0.29) is 19.1 Å². The van der Waals surface area contributed by atoms with Crippen molar-refractivity contribution in [3.63, 3.8) is 0 Å². The monoisotopic (exact) mass is 250 g/mol. The van der Waals surface area contributed by atoms with Crippen LogP contribution in [0.5, 0.6) is 0 Å². The van der Waals surface area contributed by atoms with Crippen LogP contribution in [-0.4, -0.2) is 19.3 Å². The first kappa shape index (κ1) is 10.7. The van der Waals surface area contributed by atoms with E-state index < -0.39 is 16.3 Å². The number of benzene rings is 1. The highest BCUT2D eigenvalue weighted by molar-refractivity contribution is 7.84. The zero-order valence-electron chi connectivity index (χ0n) is 8.91. The van der Waals surface area contributed by atoms with Gasteiger partial charge in [0.2, 0.25) is 0 Å². The predicted octanol–water partition coefficient (Wildman–Crippen LogP) is 1.27. The third kappa shape index (κ3) is 1.40. The van der Waals surface area contributed by atoms with Crippen molar-refractivity contribution in [2.75, 3.05) is 6.61 Å². The average Bonchev–Trinajstić information content (AvgIpc) is 2.78. The summed E-state index contributed by atoms with van der Waals surface area (Å²) in [6, 6.07) is 8.87. The van der Waals surface area contributed by atoms with Crippen LogP contribution in [0, 0.1) is 11.3 Å². The van der Waals surface area contributed by atoms with Gasteiger partial charge in [-0.25, -0.2) is 0 Å². The summed E-state index contributed by atoms with van der Waals surface area (Å²) < 4.78 is 29.7. The molecule has 0 aromatic heterocycles. The van der Waals surface area contributed by atoms with Crippen molar-refractivity contribution in [1.82, 2.24) is 4.31 Å². The van der Waals surface area contributed by atoms with Gasteiger partial charge in [-0.1, -0.05) is 24.3 Å². The Morgan fingerprint density at radius 2 is 2.12 bits per heavy atom. The summed E-state index contributed by atoms with van der Waals surface area (Å²) in [6.07, 6.45) is 0.149. The zero-order valence-corrected chi connectivity index (χ0v) is 9.72. The number of nitrogens with zero attached hydrogens (tertiary/aromatic N) is 2. The smallest absolute Gasteiger partial charge is 0.256 e. The highest BCUT2D eigenvalue weighted by Crippen LogP contribution is 2.48. The fourth-order valence-corrected chi connectivity index (χ4v) is 3.99. The largest absolute Gasteiger partial charge is 0.339 e. The molecule has 0 unspecified atom stereocenters. The van der Waals surface area contributed by atoms with Crippen LogP contribution in [0.2, 0.25) is 0 Å². The molecular formula is C11H10N2O3S. The van der Waals surface area contributed by atoms with Gasteiger partial charge in [-0.3, -0.25) is 4.18 Å². The Balaban J connectivity index is 2.16. The lowest BCUT2D eigenvalue weighted by molar-refractivity contribution is 0.303. The van der Waals surface area contributed by atoms with Crippen LogP contribution in [-0.2, 0) is 14.5 Å². The molecule has 1 aromatic carbocycles. The molecule has 2 atom stereocenters. The minimum absolute atomic E-state index is 0.140. The molecule has 2 aliphatic heterocycles. The fourth-order valence-electron chi connectivity index (χ4n) is 2.58. The van der Waals surface area contributed by atoms with Crippen molar-refractivity contribution in [1.29, 1.82) is 5.26 Å². The fraction of sp³-hybridized carbons (Fsp3) is 0.364. The number of hydrogen-bond donors (Lipinski definition) is 0. The molecule has 5 nitrogen and oxygen atoms in total. The molecule has 3 rings (SSSR count). The Kier molecular flexibility index (Phi) is 2.23. The molecule has 6 heteroatoms. The van der Waals surface area contributed by atoms with E-state index in [0.717, 1.165) is 11.1 Å². The Hall–Kier alpha value is -1.42. The van der Waals surface area contributed by atoms with Crippen molar-refractivity contribution < 1.29 is 12.6 Å². The second-order valence-electron chi connectivity index (χ2n) is 4.09. The Labute approximate surface area is 99.5 Å². The van der Waals surface area contributed by atoms with Crippen LogP contribution >= 0.6 is 0 Å². The van der Waals surface area contributed by atoms with E-state index in [1.165, 1.54) is 4.31 Å². The van der Waals surface area contributed by atoms with E-state index in [0.29, 0.717) is 0 Å². The molecule has 2 heterocycles. The summed E-state index contributed by atoms with van der Waals surface area (Å²) in [5.41, 5.74) is 1.87.